The smallest absolute Gasteiger partial charge is 0.205 e. The van der Waals surface area contributed by atoms with Gasteiger partial charge in [0, 0.05) is 31.2 Å². The van der Waals surface area contributed by atoms with E-state index in [1.165, 1.54) is 0 Å². The molecule has 0 saturated heterocycles. The standard InChI is InChI=1S/C17H19BrN4O2/c1-4-22-8-10(18)15(21-22)13-9(7-19)16(20)24-12-6-17(2,3)5-11(23)14(12)13/h8,13H,4-6,20H2,1-3H3/t13-/m1/s1. The summed E-state index contributed by atoms with van der Waals surface area (Å²) in [6.07, 6.45) is 2.86. The lowest BCUT2D eigenvalue weighted by Crippen LogP contribution is -2.33. The zero-order chi connectivity index (χ0) is 17.6. The summed E-state index contributed by atoms with van der Waals surface area (Å²) >= 11 is 3.50. The number of carbonyl (C=O) groups is 1. The molecule has 2 heterocycles. The van der Waals surface area contributed by atoms with Crippen LogP contribution in [0.3, 0.4) is 0 Å². The highest BCUT2D eigenvalue weighted by Gasteiger charge is 2.44. The van der Waals surface area contributed by atoms with Crippen molar-refractivity contribution in [3.63, 3.8) is 0 Å². The number of rotatable bonds is 2. The molecule has 1 atom stereocenters. The largest absolute Gasteiger partial charge is 0.444 e. The highest BCUT2D eigenvalue weighted by Crippen LogP contribution is 2.48. The van der Waals surface area contributed by atoms with Crippen molar-refractivity contribution in [2.45, 2.75) is 46.1 Å². The third kappa shape index (κ3) is 2.65. The summed E-state index contributed by atoms with van der Waals surface area (Å²) in [5.74, 6) is 0.0365. The van der Waals surface area contributed by atoms with Gasteiger partial charge in [0.25, 0.3) is 0 Å². The third-order valence-electron chi connectivity index (χ3n) is 4.42. The lowest BCUT2D eigenvalue weighted by atomic mass is 9.71. The molecule has 1 aliphatic carbocycles. The lowest BCUT2D eigenvalue weighted by molar-refractivity contribution is -0.119. The first-order chi connectivity index (χ1) is 11.3. The Balaban J connectivity index is 2.20. The summed E-state index contributed by atoms with van der Waals surface area (Å²) in [5.41, 5.74) is 7.18. The predicted molar refractivity (Wildman–Crippen MR) is 91.3 cm³/mol. The van der Waals surface area contributed by atoms with Crippen LogP contribution >= 0.6 is 15.9 Å². The van der Waals surface area contributed by atoms with Crippen LogP contribution in [-0.4, -0.2) is 15.6 Å². The van der Waals surface area contributed by atoms with Crippen molar-refractivity contribution < 1.29 is 9.53 Å². The minimum absolute atomic E-state index is 0.00977. The van der Waals surface area contributed by atoms with Gasteiger partial charge in [0.05, 0.1) is 16.1 Å². The molecule has 0 amide bonds. The van der Waals surface area contributed by atoms with E-state index < -0.39 is 5.92 Å². The minimum atomic E-state index is -0.579. The zero-order valence-electron chi connectivity index (χ0n) is 13.9. The topological polar surface area (TPSA) is 93.9 Å². The van der Waals surface area contributed by atoms with Crippen LogP contribution in [-0.2, 0) is 16.1 Å². The van der Waals surface area contributed by atoms with Gasteiger partial charge in [-0.05, 0) is 28.3 Å². The van der Waals surface area contributed by atoms with Gasteiger partial charge in [0.2, 0.25) is 5.88 Å². The average Bonchev–Trinajstić information content (AvgIpc) is 2.85. The molecule has 0 saturated carbocycles. The Morgan fingerprint density at radius 2 is 2.25 bits per heavy atom. The Morgan fingerprint density at radius 3 is 2.83 bits per heavy atom. The fraction of sp³-hybridized carbons (Fsp3) is 0.471. The molecule has 7 heteroatoms. The van der Waals surface area contributed by atoms with Gasteiger partial charge < -0.3 is 10.5 Å². The van der Waals surface area contributed by atoms with Crippen molar-refractivity contribution in [2.75, 3.05) is 0 Å². The van der Waals surface area contributed by atoms with E-state index >= 15 is 0 Å². The lowest BCUT2D eigenvalue weighted by Gasteiger charge is -2.36. The number of nitrogens with zero attached hydrogens (tertiary/aromatic N) is 3. The number of aryl methyl sites for hydroxylation is 1. The Hall–Kier alpha value is -2.07. The van der Waals surface area contributed by atoms with Gasteiger partial charge in [-0.2, -0.15) is 10.4 Å². The van der Waals surface area contributed by atoms with Gasteiger partial charge in [-0.25, -0.2) is 0 Å². The van der Waals surface area contributed by atoms with E-state index in [2.05, 4.69) is 27.1 Å². The van der Waals surface area contributed by atoms with Gasteiger partial charge in [-0.1, -0.05) is 13.8 Å². The average molecular weight is 391 g/mol. The molecule has 0 radical (unpaired) electrons. The Bertz CT molecular complexity index is 826. The highest BCUT2D eigenvalue weighted by atomic mass is 79.9. The Morgan fingerprint density at radius 1 is 1.54 bits per heavy atom. The van der Waals surface area contributed by atoms with Crippen LogP contribution in [0.1, 0.15) is 45.2 Å². The molecule has 0 aromatic carbocycles. The maximum absolute atomic E-state index is 12.8. The summed E-state index contributed by atoms with van der Waals surface area (Å²) < 4.78 is 8.18. The highest BCUT2D eigenvalue weighted by molar-refractivity contribution is 9.10. The molecule has 24 heavy (non-hydrogen) atoms. The number of aromatic nitrogens is 2. The quantitative estimate of drug-likeness (QED) is 0.836. The number of carbonyl (C=O) groups excluding carboxylic acids is 1. The number of ether oxygens (including phenoxy) is 1. The number of ketones is 1. The summed E-state index contributed by atoms with van der Waals surface area (Å²) in [6, 6.07) is 2.10. The number of nitriles is 1. The fourth-order valence-electron chi connectivity index (χ4n) is 3.33. The Kier molecular flexibility index (Phi) is 4.04. The van der Waals surface area contributed by atoms with E-state index in [0.717, 1.165) is 4.47 Å². The maximum Gasteiger partial charge on any atom is 0.205 e. The first kappa shape index (κ1) is 16.8. The van der Waals surface area contributed by atoms with Gasteiger partial charge in [0.15, 0.2) is 5.78 Å². The first-order valence-corrected chi connectivity index (χ1v) is 8.63. The third-order valence-corrected chi connectivity index (χ3v) is 5.03. The molecular weight excluding hydrogens is 372 g/mol. The molecule has 1 aliphatic heterocycles. The predicted octanol–water partition coefficient (Wildman–Crippen LogP) is 3.12. The number of hydrogen-bond donors (Lipinski definition) is 1. The van der Waals surface area contributed by atoms with Gasteiger partial charge in [0.1, 0.15) is 17.4 Å². The molecule has 0 spiro atoms. The molecule has 1 aromatic heterocycles. The molecular formula is C17H19BrN4O2. The summed E-state index contributed by atoms with van der Waals surface area (Å²) in [5, 5.41) is 14.1. The van der Waals surface area contributed by atoms with Crippen LogP contribution in [0.15, 0.2) is 33.5 Å². The maximum atomic E-state index is 12.8. The van der Waals surface area contributed by atoms with Crippen LogP contribution in [0.2, 0.25) is 0 Å². The Labute approximate surface area is 149 Å². The van der Waals surface area contributed by atoms with Crippen LogP contribution in [0.4, 0.5) is 0 Å². The van der Waals surface area contributed by atoms with Gasteiger partial charge in [-0.15, -0.1) is 0 Å². The fourth-order valence-corrected chi connectivity index (χ4v) is 3.87. The number of nitrogens with two attached hydrogens (primary N) is 1. The summed E-state index contributed by atoms with van der Waals surface area (Å²) in [6.45, 7) is 6.71. The molecule has 2 N–H and O–H groups in total. The number of hydrogen-bond acceptors (Lipinski definition) is 5. The number of Topliss-reactive ketones (excluding diaryl/α,β-unsaturated/α-hetero) is 1. The van der Waals surface area contributed by atoms with Gasteiger partial charge >= 0.3 is 0 Å². The molecule has 1 aromatic rings. The van der Waals surface area contributed by atoms with E-state index in [0.29, 0.717) is 36.4 Å². The van der Waals surface area contributed by atoms with Crippen molar-refractivity contribution in [2.24, 2.45) is 11.1 Å². The molecule has 0 bridgehead atoms. The summed E-state index contributed by atoms with van der Waals surface area (Å²) in [7, 11) is 0. The summed E-state index contributed by atoms with van der Waals surface area (Å²) in [4.78, 5) is 12.8. The van der Waals surface area contributed by atoms with E-state index in [-0.39, 0.29) is 22.7 Å². The van der Waals surface area contributed by atoms with E-state index in [9.17, 15) is 10.1 Å². The van der Waals surface area contributed by atoms with Crippen LogP contribution < -0.4 is 5.73 Å². The molecule has 3 rings (SSSR count). The van der Waals surface area contributed by atoms with Crippen molar-refractivity contribution >= 4 is 21.7 Å². The minimum Gasteiger partial charge on any atom is -0.444 e. The second kappa shape index (κ2) is 5.78. The van der Waals surface area contributed by atoms with Crippen LogP contribution in [0, 0.1) is 16.7 Å². The van der Waals surface area contributed by atoms with E-state index in [1.807, 2.05) is 27.0 Å². The second-order valence-corrected chi connectivity index (χ2v) is 7.77. The SMILES string of the molecule is CCn1cc(Br)c([C@@H]2C(C#N)=C(N)OC3=C2C(=O)CC(C)(C)C3)n1. The van der Waals surface area contributed by atoms with E-state index in [1.54, 1.807) is 4.68 Å². The molecule has 0 fully saturated rings. The molecule has 0 unspecified atom stereocenters. The van der Waals surface area contributed by atoms with Gasteiger partial charge in [-0.3, -0.25) is 9.48 Å². The zero-order valence-corrected chi connectivity index (χ0v) is 15.5. The van der Waals surface area contributed by atoms with Crippen molar-refractivity contribution in [1.29, 1.82) is 5.26 Å². The van der Waals surface area contributed by atoms with Crippen molar-refractivity contribution in [3.05, 3.63) is 39.2 Å². The van der Waals surface area contributed by atoms with Crippen LogP contribution in [0.5, 0.6) is 0 Å². The molecule has 2 aliphatic rings. The molecule has 6 nitrogen and oxygen atoms in total. The second-order valence-electron chi connectivity index (χ2n) is 6.92. The molecule has 126 valence electrons. The first-order valence-electron chi connectivity index (χ1n) is 7.84. The monoisotopic (exact) mass is 390 g/mol. The van der Waals surface area contributed by atoms with Crippen molar-refractivity contribution in [3.8, 4) is 6.07 Å². The number of allylic oxidation sites excluding steroid dienone is 3. The van der Waals surface area contributed by atoms with E-state index in [4.69, 9.17) is 10.5 Å². The number of halogens is 1. The van der Waals surface area contributed by atoms with Crippen LogP contribution in [0.25, 0.3) is 0 Å². The van der Waals surface area contributed by atoms with Crippen molar-refractivity contribution in [1.82, 2.24) is 9.78 Å². The normalized spacial score (nSPS) is 23.0.